The van der Waals surface area contributed by atoms with Crippen molar-refractivity contribution in [1.29, 1.82) is 0 Å². The van der Waals surface area contributed by atoms with Crippen LogP contribution in [0.25, 0.3) is 0 Å². The van der Waals surface area contributed by atoms with Crippen LogP contribution >= 0.6 is 11.8 Å². The maximum atomic E-state index is 13.3. The number of carbonyl (C=O) groups excluding carboxylic acids is 2. The summed E-state index contributed by atoms with van der Waals surface area (Å²) in [5.74, 6) is -0.528. The Balaban J connectivity index is 1.64. The minimum Gasteiger partial charge on any atom is -0.460 e. The van der Waals surface area contributed by atoms with Gasteiger partial charge in [-0.15, -0.1) is 0 Å². The van der Waals surface area contributed by atoms with Crippen molar-refractivity contribution in [3.05, 3.63) is 93.2 Å². The monoisotopic (exact) mass is 519 g/mol. The van der Waals surface area contributed by atoms with Gasteiger partial charge in [0.05, 0.1) is 36.4 Å². The van der Waals surface area contributed by atoms with Gasteiger partial charge < -0.3 is 19.7 Å². The number of carbonyl (C=O) groups is 2. The first-order valence-corrected chi connectivity index (χ1v) is 13.2. The van der Waals surface area contributed by atoms with Crippen LogP contribution in [0.15, 0.2) is 75.9 Å². The first-order chi connectivity index (χ1) is 17.8. The molecule has 2 aromatic rings. The van der Waals surface area contributed by atoms with E-state index in [0.717, 1.165) is 33.1 Å². The minimum absolute atomic E-state index is 0.0978. The van der Waals surface area contributed by atoms with Gasteiger partial charge in [0, 0.05) is 12.8 Å². The number of nitrogens with zero attached hydrogens (tertiary/aromatic N) is 2. The predicted molar refractivity (Wildman–Crippen MR) is 147 cm³/mol. The fourth-order valence-corrected chi connectivity index (χ4v) is 5.60. The Bertz CT molecular complexity index is 1270. The van der Waals surface area contributed by atoms with Crippen molar-refractivity contribution in [1.82, 2.24) is 10.2 Å². The number of benzene rings is 2. The quantitative estimate of drug-likeness (QED) is 0.356. The molecule has 1 N–H and O–H groups in total. The maximum absolute atomic E-state index is 13.3. The van der Waals surface area contributed by atoms with E-state index < -0.39 is 12.0 Å². The molecule has 2 aliphatic rings. The fraction of sp³-hybridized carbons (Fsp3) is 0.345. The molecule has 2 heterocycles. The normalized spacial score (nSPS) is 17.6. The Morgan fingerprint density at radius 3 is 2.57 bits per heavy atom. The molecular formula is C29H33N3O4S. The number of hydrogen-bond acceptors (Lipinski definition) is 7. The Hall–Kier alpha value is -3.36. The summed E-state index contributed by atoms with van der Waals surface area (Å²) in [7, 11) is 1.57. The largest absolute Gasteiger partial charge is 0.460 e. The fourth-order valence-electron chi connectivity index (χ4n) is 4.63. The first-order valence-electron chi connectivity index (χ1n) is 12.3. The number of ether oxygens (including phenoxy) is 2. The molecule has 0 spiro atoms. The number of amidine groups is 1. The molecule has 7 nitrogen and oxygen atoms in total. The Labute approximate surface area is 222 Å². The van der Waals surface area contributed by atoms with Crippen LogP contribution in [0.4, 0.5) is 0 Å². The molecule has 4 rings (SSSR count). The number of nitrogens with one attached hydrogen (secondary N) is 1. The van der Waals surface area contributed by atoms with Crippen molar-refractivity contribution in [2.24, 2.45) is 4.99 Å². The van der Waals surface area contributed by atoms with Crippen molar-refractivity contribution in [2.45, 2.75) is 46.2 Å². The first kappa shape index (κ1) is 26.7. The zero-order valence-electron chi connectivity index (χ0n) is 21.9. The van der Waals surface area contributed by atoms with E-state index in [1.807, 2.05) is 80.5 Å². The summed E-state index contributed by atoms with van der Waals surface area (Å²) < 4.78 is 10.6. The van der Waals surface area contributed by atoms with E-state index in [4.69, 9.17) is 14.5 Å². The summed E-state index contributed by atoms with van der Waals surface area (Å²) in [6.07, 6.45) is 0.162. The lowest BCUT2D eigenvalue weighted by atomic mass is 9.90. The number of allylic oxidation sites excluding steroid dienone is 1. The Kier molecular flexibility index (Phi) is 8.51. The second-order valence-electron chi connectivity index (χ2n) is 9.26. The molecule has 194 valence electrons. The van der Waals surface area contributed by atoms with Crippen LogP contribution in [-0.2, 0) is 19.1 Å². The van der Waals surface area contributed by atoms with Crippen molar-refractivity contribution in [3.8, 4) is 0 Å². The molecule has 2 aromatic carbocycles. The molecule has 0 aromatic heterocycles. The van der Waals surface area contributed by atoms with Gasteiger partial charge in [-0.3, -0.25) is 4.79 Å². The number of aryl methyl sites for hydroxylation is 2. The van der Waals surface area contributed by atoms with E-state index in [2.05, 4.69) is 11.4 Å². The molecule has 2 atom stereocenters. The topological polar surface area (TPSA) is 80.2 Å². The van der Waals surface area contributed by atoms with E-state index in [1.165, 1.54) is 11.8 Å². The Morgan fingerprint density at radius 1 is 1.11 bits per heavy atom. The van der Waals surface area contributed by atoms with E-state index in [9.17, 15) is 9.59 Å². The molecule has 0 saturated heterocycles. The summed E-state index contributed by atoms with van der Waals surface area (Å²) in [5, 5.41) is 5.79. The van der Waals surface area contributed by atoms with Crippen LogP contribution in [0.2, 0.25) is 0 Å². The van der Waals surface area contributed by atoms with Gasteiger partial charge in [-0.05, 0) is 49.8 Å². The summed E-state index contributed by atoms with van der Waals surface area (Å²) in [5.41, 5.74) is 6.08. The van der Waals surface area contributed by atoms with Crippen molar-refractivity contribution in [3.63, 3.8) is 0 Å². The third-order valence-corrected chi connectivity index (χ3v) is 7.37. The summed E-state index contributed by atoms with van der Waals surface area (Å²) >= 11 is 1.47. The third-order valence-electron chi connectivity index (χ3n) is 6.48. The molecule has 0 aliphatic carbocycles. The number of aliphatic imine (C=N–C) groups is 1. The number of methoxy groups -OCH3 is 1. The van der Waals surface area contributed by atoms with Gasteiger partial charge >= 0.3 is 5.97 Å². The van der Waals surface area contributed by atoms with Crippen LogP contribution in [0, 0.1) is 13.8 Å². The SMILES string of the molecule is COCCOC(=O)C1=C(C)N=C2SC=C(CC(=O)N[C@H](C)c3ccccc3)N2[C@@H]1c1ccc(C)cc1C. The van der Waals surface area contributed by atoms with Gasteiger partial charge in [-0.2, -0.15) is 0 Å². The highest BCUT2D eigenvalue weighted by Gasteiger charge is 2.41. The summed E-state index contributed by atoms with van der Waals surface area (Å²) in [6, 6.07) is 15.5. The molecule has 0 unspecified atom stereocenters. The smallest absolute Gasteiger partial charge is 0.338 e. The second-order valence-corrected chi connectivity index (χ2v) is 10.1. The highest BCUT2D eigenvalue weighted by Crippen LogP contribution is 2.45. The summed E-state index contributed by atoms with van der Waals surface area (Å²) in [6.45, 7) is 8.35. The lowest BCUT2D eigenvalue weighted by Crippen LogP contribution is -2.38. The molecular weight excluding hydrogens is 486 g/mol. The van der Waals surface area contributed by atoms with Gasteiger partial charge in [0.15, 0.2) is 5.17 Å². The molecule has 0 saturated carbocycles. The second kappa shape index (κ2) is 11.8. The molecule has 8 heteroatoms. The molecule has 2 aliphatic heterocycles. The standard InChI is InChI=1S/C29H33N3O4S/c1-18-11-12-24(19(2)15-18)27-26(28(34)36-14-13-35-5)21(4)31-29-32(27)23(17-37-29)16-25(33)30-20(3)22-9-7-6-8-10-22/h6-12,15,17,20,27H,13-14,16H2,1-5H3,(H,30,33)/t20-,27-/m1/s1. The molecule has 0 fully saturated rings. The highest BCUT2D eigenvalue weighted by atomic mass is 32.2. The number of rotatable bonds is 9. The van der Waals surface area contributed by atoms with Crippen LogP contribution in [0.3, 0.4) is 0 Å². The van der Waals surface area contributed by atoms with Gasteiger partial charge in [0.2, 0.25) is 5.91 Å². The highest BCUT2D eigenvalue weighted by molar-refractivity contribution is 8.16. The van der Waals surface area contributed by atoms with Crippen molar-refractivity contribution >= 4 is 28.8 Å². The zero-order valence-corrected chi connectivity index (χ0v) is 22.7. The van der Waals surface area contributed by atoms with E-state index in [0.29, 0.717) is 17.9 Å². The maximum Gasteiger partial charge on any atom is 0.338 e. The van der Waals surface area contributed by atoms with Gasteiger partial charge in [-0.25, -0.2) is 9.79 Å². The van der Waals surface area contributed by atoms with Gasteiger partial charge in [-0.1, -0.05) is 65.9 Å². The summed E-state index contributed by atoms with van der Waals surface area (Å²) in [4.78, 5) is 33.2. The van der Waals surface area contributed by atoms with E-state index >= 15 is 0 Å². The average Bonchev–Trinajstić information content (AvgIpc) is 3.25. The molecule has 37 heavy (non-hydrogen) atoms. The van der Waals surface area contributed by atoms with E-state index in [-0.39, 0.29) is 25.0 Å². The molecule has 0 bridgehead atoms. The van der Waals surface area contributed by atoms with Gasteiger partial charge in [0.25, 0.3) is 0 Å². The zero-order chi connectivity index (χ0) is 26.5. The Morgan fingerprint density at radius 2 is 1.86 bits per heavy atom. The lowest BCUT2D eigenvalue weighted by molar-refractivity contribution is -0.141. The number of hydrogen-bond donors (Lipinski definition) is 1. The number of fused-ring (bicyclic) bond motifs is 1. The van der Waals surface area contributed by atoms with Crippen LogP contribution < -0.4 is 5.32 Å². The van der Waals surface area contributed by atoms with Crippen LogP contribution in [0.5, 0.6) is 0 Å². The van der Waals surface area contributed by atoms with E-state index in [1.54, 1.807) is 7.11 Å². The number of esters is 1. The lowest BCUT2D eigenvalue weighted by Gasteiger charge is -2.37. The molecule has 0 radical (unpaired) electrons. The molecule has 1 amide bonds. The van der Waals surface area contributed by atoms with Gasteiger partial charge in [0.1, 0.15) is 6.61 Å². The predicted octanol–water partition coefficient (Wildman–Crippen LogP) is 5.34. The van der Waals surface area contributed by atoms with Crippen LogP contribution in [0.1, 0.15) is 54.6 Å². The number of thioether (sulfide) groups is 1. The number of amides is 1. The van der Waals surface area contributed by atoms with Crippen molar-refractivity contribution < 1.29 is 19.1 Å². The minimum atomic E-state index is -0.455. The van der Waals surface area contributed by atoms with Crippen LogP contribution in [-0.4, -0.2) is 42.3 Å². The third kappa shape index (κ3) is 5.97. The van der Waals surface area contributed by atoms with Crippen molar-refractivity contribution in [2.75, 3.05) is 20.3 Å². The average molecular weight is 520 g/mol.